The summed E-state index contributed by atoms with van der Waals surface area (Å²) >= 11 is 6.35. The summed E-state index contributed by atoms with van der Waals surface area (Å²) < 4.78 is 0. The first kappa shape index (κ1) is 16.8. The van der Waals surface area contributed by atoms with Gasteiger partial charge < -0.3 is 5.32 Å². The quantitative estimate of drug-likeness (QED) is 0.896. The lowest BCUT2D eigenvalue weighted by Crippen LogP contribution is -2.45. The van der Waals surface area contributed by atoms with Gasteiger partial charge in [-0.3, -0.25) is 9.69 Å². The largest absolute Gasteiger partial charge is 0.352 e. The number of nitrogens with one attached hydrogen (secondary N) is 1. The number of hydrogen-bond acceptors (Lipinski definition) is 2. The van der Waals surface area contributed by atoms with E-state index in [0.29, 0.717) is 18.5 Å². The van der Waals surface area contributed by atoms with Crippen molar-refractivity contribution in [2.75, 3.05) is 13.1 Å². The second kappa shape index (κ2) is 7.67. The smallest absolute Gasteiger partial charge is 0.234 e. The molecule has 1 N–H and O–H groups in total. The maximum absolute atomic E-state index is 12.5. The van der Waals surface area contributed by atoms with Crippen molar-refractivity contribution in [2.24, 2.45) is 5.92 Å². The summed E-state index contributed by atoms with van der Waals surface area (Å²) in [7, 11) is 0. The highest BCUT2D eigenvalue weighted by molar-refractivity contribution is 6.31. The van der Waals surface area contributed by atoms with E-state index in [9.17, 15) is 4.79 Å². The Morgan fingerprint density at radius 1 is 1.22 bits per heavy atom. The van der Waals surface area contributed by atoms with E-state index in [1.807, 2.05) is 18.2 Å². The number of rotatable bonds is 4. The van der Waals surface area contributed by atoms with Gasteiger partial charge in [0.05, 0.1) is 6.54 Å². The Kier molecular flexibility index (Phi) is 5.60. The van der Waals surface area contributed by atoms with E-state index in [0.717, 1.165) is 36.4 Å². The number of halogens is 1. The molecule has 4 heteroatoms. The monoisotopic (exact) mass is 334 g/mol. The van der Waals surface area contributed by atoms with Crippen molar-refractivity contribution in [2.45, 2.75) is 57.5 Å². The van der Waals surface area contributed by atoms with Gasteiger partial charge in [-0.2, -0.15) is 0 Å². The summed E-state index contributed by atoms with van der Waals surface area (Å²) in [5.41, 5.74) is 1.16. The van der Waals surface area contributed by atoms with Crippen LogP contribution >= 0.6 is 11.6 Å². The third kappa shape index (κ3) is 4.07. The van der Waals surface area contributed by atoms with Crippen LogP contribution in [0.1, 0.15) is 57.1 Å². The first-order chi connectivity index (χ1) is 11.1. The average molecular weight is 335 g/mol. The minimum absolute atomic E-state index is 0.169. The van der Waals surface area contributed by atoms with E-state index in [2.05, 4.69) is 23.2 Å². The number of likely N-dealkylation sites (tertiary alicyclic amines) is 1. The zero-order valence-corrected chi connectivity index (χ0v) is 14.7. The van der Waals surface area contributed by atoms with E-state index in [-0.39, 0.29) is 11.9 Å². The van der Waals surface area contributed by atoms with Crippen LogP contribution in [0, 0.1) is 5.92 Å². The van der Waals surface area contributed by atoms with Crippen LogP contribution in [0.25, 0.3) is 0 Å². The molecule has 1 saturated heterocycles. The van der Waals surface area contributed by atoms with E-state index in [1.54, 1.807) is 0 Å². The lowest BCUT2D eigenvalue weighted by atomic mass is 9.86. The molecule has 3 atom stereocenters. The van der Waals surface area contributed by atoms with Crippen molar-refractivity contribution < 1.29 is 4.79 Å². The lowest BCUT2D eigenvalue weighted by Gasteiger charge is -2.31. The van der Waals surface area contributed by atoms with Gasteiger partial charge in [0, 0.05) is 17.1 Å². The minimum atomic E-state index is 0.169. The molecular formula is C19H27ClN2O. The van der Waals surface area contributed by atoms with Crippen LogP contribution in [-0.4, -0.2) is 29.9 Å². The molecule has 1 aliphatic heterocycles. The Bertz CT molecular complexity index is 548. The third-order valence-corrected chi connectivity index (χ3v) is 5.78. The number of nitrogens with zero attached hydrogens (tertiary/aromatic N) is 1. The molecule has 0 bridgehead atoms. The zero-order valence-electron chi connectivity index (χ0n) is 13.9. The highest BCUT2D eigenvalue weighted by Gasteiger charge is 2.30. The van der Waals surface area contributed by atoms with Gasteiger partial charge in [-0.15, -0.1) is 0 Å². The average Bonchev–Trinajstić information content (AvgIpc) is 2.98. The molecule has 23 heavy (non-hydrogen) atoms. The molecule has 1 heterocycles. The van der Waals surface area contributed by atoms with Crippen LogP contribution in [0.4, 0.5) is 0 Å². The number of hydrogen-bond donors (Lipinski definition) is 1. The molecule has 1 aromatic carbocycles. The Morgan fingerprint density at radius 2 is 2.00 bits per heavy atom. The van der Waals surface area contributed by atoms with Crippen molar-refractivity contribution in [3.63, 3.8) is 0 Å². The molecule has 2 fully saturated rings. The fourth-order valence-corrected chi connectivity index (χ4v) is 4.34. The highest BCUT2D eigenvalue weighted by Crippen LogP contribution is 2.35. The van der Waals surface area contributed by atoms with Crippen molar-refractivity contribution in [1.29, 1.82) is 0 Å². The maximum Gasteiger partial charge on any atom is 0.234 e. The molecule has 2 aliphatic rings. The minimum Gasteiger partial charge on any atom is -0.352 e. The van der Waals surface area contributed by atoms with Crippen molar-refractivity contribution in [3.05, 3.63) is 34.9 Å². The van der Waals surface area contributed by atoms with Gasteiger partial charge in [0.2, 0.25) is 5.91 Å². The molecule has 1 saturated carbocycles. The molecule has 126 valence electrons. The normalized spacial score (nSPS) is 28.7. The molecule has 1 aromatic rings. The van der Waals surface area contributed by atoms with Crippen LogP contribution in [0.3, 0.4) is 0 Å². The second-order valence-electron chi connectivity index (χ2n) is 7.09. The van der Waals surface area contributed by atoms with Crippen LogP contribution in [0.2, 0.25) is 5.02 Å². The second-order valence-corrected chi connectivity index (χ2v) is 7.49. The lowest BCUT2D eigenvalue weighted by molar-refractivity contribution is -0.123. The fourth-order valence-electron chi connectivity index (χ4n) is 4.08. The first-order valence-corrected chi connectivity index (χ1v) is 9.31. The van der Waals surface area contributed by atoms with Gasteiger partial charge in [0.25, 0.3) is 0 Å². The fraction of sp³-hybridized carbons (Fsp3) is 0.632. The van der Waals surface area contributed by atoms with Crippen LogP contribution in [0.5, 0.6) is 0 Å². The van der Waals surface area contributed by atoms with Crippen molar-refractivity contribution in [1.82, 2.24) is 10.2 Å². The molecule has 3 rings (SSSR count). The van der Waals surface area contributed by atoms with Gasteiger partial charge in [0.1, 0.15) is 0 Å². The highest BCUT2D eigenvalue weighted by atomic mass is 35.5. The van der Waals surface area contributed by atoms with Gasteiger partial charge in [-0.05, 0) is 49.8 Å². The Labute approximate surface area is 144 Å². The Hall–Kier alpha value is -1.06. The molecule has 0 radical (unpaired) electrons. The standard InChI is InChI=1S/C19H27ClN2O/c1-14-7-2-5-10-17(14)21-19(23)13-22-12-6-11-18(22)15-8-3-4-9-16(15)20/h3-4,8-9,14,17-18H,2,5-7,10-13H2,1H3,(H,21,23). The first-order valence-electron chi connectivity index (χ1n) is 8.93. The van der Waals surface area contributed by atoms with E-state index in [1.165, 1.54) is 19.3 Å². The summed E-state index contributed by atoms with van der Waals surface area (Å²) in [6, 6.07) is 8.66. The molecule has 0 aromatic heterocycles. The van der Waals surface area contributed by atoms with E-state index >= 15 is 0 Å². The number of carbonyl (C=O) groups is 1. The maximum atomic E-state index is 12.5. The predicted octanol–water partition coefficient (Wildman–Crippen LogP) is 4.17. The zero-order chi connectivity index (χ0) is 16.2. The van der Waals surface area contributed by atoms with Crippen LogP contribution < -0.4 is 5.32 Å². The Balaban J connectivity index is 1.60. The molecule has 3 unspecified atom stereocenters. The Morgan fingerprint density at radius 3 is 2.78 bits per heavy atom. The van der Waals surface area contributed by atoms with Gasteiger partial charge in [0.15, 0.2) is 0 Å². The summed E-state index contributed by atoms with van der Waals surface area (Å²) in [6.45, 7) is 3.72. The van der Waals surface area contributed by atoms with E-state index in [4.69, 9.17) is 11.6 Å². The van der Waals surface area contributed by atoms with E-state index < -0.39 is 0 Å². The summed E-state index contributed by atoms with van der Waals surface area (Å²) in [5, 5.41) is 4.08. The topological polar surface area (TPSA) is 32.3 Å². The van der Waals surface area contributed by atoms with Crippen molar-refractivity contribution in [3.8, 4) is 0 Å². The van der Waals surface area contributed by atoms with Gasteiger partial charge in [-0.25, -0.2) is 0 Å². The van der Waals surface area contributed by atoms with Crippen LogP contribution in [0.15, 0.2) is 24.3 Å². The van der Waals surface area contributed by atoms with Gasteiger partial charge >= 0.3 is 0 Å². The number of benzene rings is 1. The summed E-state index contributed by atoms with van der Waals surface area (Å²) in [4.78, 5) is 14.8. The van der Waals surface area contributed by atoms with Gasteiger partial charge in [-0.1, -0.05) is 49.6 Å². The van der Waals surface area contributed by atoms with Crippen LogP contribution in [-0.2, 0) is 4.79 Å². The molecule has 1 amide bonds. The third-order valence-electron chi connectivity index (χ3n) is 5.43. The number of carbonyl (C=O) groups excluding carboxylic acids is 1. The molecular weight excluding hydrogens is 308 g/mol. The molecule has 1 aliphatic carbocycles. The number of amides is 1. The molecule has 3 nitrogen and oxygen atoms in total. The summed E-state index contributed by atoms with van der Waals surface area (Å²) in [5.74, 6) is 0.772. The SMILES string of the molecule is CC1CCCCC1NC(=O)CN1CCCC1c1ccccc1Cl. The van der Waals surface area contributed by atoms with Crippen molar-refractivity contribution >= 4 is 17.5 Å². The molecule has 0 spiro atoms. The predicted molar refractivity (Wildman–Crippen MR) is 94.6 cm³/mol. The summed E-state index contributed by atoms with van der Waals surface area (Å²) in [6.07, 6.45) is 7.10.